The summed E-state index contributed by atoms with van der Waals surface area (Å²) in [6, 6.07) is 0. The van der Waals surface area contributed by atoms with Crippen molar-refractivity contribution in [2.24, 2.45) is 0 Å². The number of halogens is 6. The molecule has 0 aromatic heterocycles. The topological polar surface area (TPSA) is 104 Å². The summed E-state index contributed by atoms with van der Waals surface area (Å²) in [7, 11) is -13.0. The van der Waals surface area contributed by atoms with Crippen LogP contribution in [-0.4, -0.2) is 48.4 Å². The number of alkyl halides is 6. The first-order chi connectivity index (χ1) is 7.60. The van der Waals surface area contributed by atoms with E-state index < -0.39 is 51.8 Å². The number of hydrogen-bond acceptors (Lipinski definition) is 7. The summed E-state index contributed by atoms with van der Waals surface area (Å²) in [5, 5.41) is 0. The minimum absolute atomic E-state index is 2.72. The molecule has 0 fully saturated rings. The van der Waals surface area contributed by atoms with Crippen LogP contribution in [0.2, 0.25) is 0 Å². The molecule has 0 rings (SSSR count). The van der Waals surface area contributed by atoms with E-state index in [2.05, 4.69) is 5.04 Å². The van der Waals surface area contributed by atoms with Gasteiger partial charge >= 0.3 is 103 Å². The summed E-state index contributed by atoms with van der Waals surface area (Å²) in [6.45, 7) is 0. The average Bonchev–Trinajstić information content (AvgIpc) is 1.95. The minimum atomic E-state index is -6.50. The normalized spacial score (nSPS) is 14.6. The molecule has 0 aliphatic heterocycles. The van der Waals surface area contributed by atoms with Gasteiger partial charge in [-0.2, -0.15) is 0 Å². The van der Waals surface area contributed by atoms with Crippen molar-refractivity contribution >= 4 is 40.8 Å². The Morgan fingerprint density at radius 2 is 0.944 bits per heavy atom. The van der Waals surface area contributed by atoms with Crippen molar-refractivity contribution in [3.05, 3.63) is 0 Å². The molecule has 0 saturated heterocycles. The van der Waals surface area contributed by atoms with Crippen molar-refractivity contribution in [2.45, 2.75) is 11.0 Å². The number of hydrogen-bond donors (Lipinski definition) is 0. The first kappa shape index (κ1) is 18.0. The Morgan fingerprint density at radius 1 is 0.722 bits per heavy atom. The van der Waals surface area contributed by atoms with Crippen molar-refractivity contribution in [1.82, 2.24) is 0 Å². The SMILES string of the molecule is [O]=[Sn]([O]S(=O)(=O)C(F)(F)F)[O]S(=O)(=O)C(F)(F)F. The van der Waals surface area contributed by atoms with Crippen LogP contribution in [0.1, 0.15) is 0 Å². The van der Waals surface area contributed by atoms with Gasteiger partial charge in [-0.25, -0.2) is 0 Å². The van der Waals surface area contributed by atoms with Crippen LogP contribution in [0.25, 0.3) is 0 Å². The van der Waals surface area contributed by atoms with E-state index in [1.807, 2.05) is 0 Å². The summed E-state index contributed by atoms with van der Waals surface area (Å²) in [6.07, 6.45) is 0. The molecule has 18 heavy (non-hydrogen) atoms. The molecule has 7 nitrogen and oxygen atoms in total. The first-order valence-electron chi connectivity index (χ1n) is 3.15. The fourth-order valence-electron chi connectivity index (χ4n) is 0.288. The molecule has 0 radical (unpaired) electrons. The van der Waals surface area contributed by atoms with Gasteiger partial charge in [0.05, 0.1) is 0 Å². The Bertz CT molecular complexity index is 477. The van der Waals surface area contributed by atoms with E-state index in [9.17, 15) is 46.3 Å². The standard InChI is InChI=1S/2CHF3O3S.O.Sn/c2*2-1(3,4)8(5,6)7;;/h2*(H,5,6,7);;/q;;;+2/p-2. The predicted molar refractivity (Wildman–Crippen MR) is 38.6 cm³/mol. The van der Waals surface area contributed by atoms with Crippen LogP contribution in [0.4, 0.5) is 26.3 Å². The van der Waals surface area contributed by atoms with Gasteiger partial charge in [-0.3, -0.25) is 0 Å². The molecular formula is C2F6O7S2Sn. The van der Waals surface area contributed by atoms with Crippen LogP contribution in [0, 0.1) is 0 Å². The Hall–Kier alpha value is -0.00130. The van der Waals surface area contributed by atoms with Crippen molar-refractivity contribution in [3.8, 4) is 0 Å². The van der Waals surface area contributed by atoms with Crippen LogP contribution >= 0.6 is 0 Å². The molecular weight excluding hydrogens is 433 g/mol. The van der Waals surface area contributed by atoms with Gasteiger partial charge in [0.25, 0.3) is 0 Å². The molecule has 0 N–H and O–H groups in total. The Kier molecular flexibility index (Phi) is 5.17. The van der Waals surface area contributed by atoms with E-state index in [-0.39, 0.29) is 0 Å². The third-order valence-electron chi connectivity index (χ3n) is 0.922. The molecule has 0 heterocycles. The first-order valence-corrected chi connectivity index (χ1v) is 9.47. The van der Waals surface area contributed by atoms with Gasteiger partial charge in [-0.1, -0.05) is 0 Å². The van der Waals surface area contributed by atoms with Crippen LogP contribution < -0.4 is 0 Å². The molecule has 0 unspecified atom stereocenters. The molecule has 16 heteroatoms. The second kappa shape index (κ2) is 5.17. The van der Waals surface area contributed by atoms with E-state index in [0.717, 1.165) is 0 Å². The maximum absolute atomic E-state index is 11.6. The molecule has 0 amide bonds. The third kappa shape index (κ3) is 4.59. The molecule has 0 spiro atoms. The zero-order valence-corrected chi connectivity index (χ0v) is 11.9. The van der Waals surface area contributed by atoms with Gasteiger partial charge < -0.3 is 0 Å². The molecule has 108 valence electrons. The van der Waals surface area contributed by atoms with Crippen molar-refractivity contribution in [2.75, 3.05) is 0 Å². The van der Waals surface area contributed by atoms with Gasteiger partial charge in [-0.05, 0) is 0 Å². The summed E-state index contributed by atoms with van der Waals surface area (Å²) >= 11 is -6.12. The van der Waals surface area contributed by atoms with Crippen LogP contribution in [0.5, 0.6) is 0 Å². The third-order valence-corrected chi connectivity index (χ3v) is 8.86. The predicted octanol–water partition coefficient (Wildman–Crippen LogP) is 0.134. The van der Waals surface area contributed by atoms with Crippen LogP contribution in [-0.2, 0) is 28.4 Å². The maximum atomic E-state index is 11.6. The summed E-state index contributed by atoms with van der Waals surface area (Å²) in [5.74, 6) is 0. The fourth-order valence-corrected chi connectivity index (χ4v) is 6.35. The second-order valence-corrected chi connectivity index (χ2v) is 9.57. The van der Waals surface area contributed by atoms with E-state index in [1.165, 1.54) is 0 Å². The molecule has 0 aromatic rings. The summed E-state index contributed by atoms with van der Waals surface area (Å²) in [5.41, 5.74) is -12.1. The zero-order valence-electron chi connectivity index (χ0n) is 7.44. The molecule has 0 saturated carbocycles. The van der Waals surface area contributed by atoms with E-state index in [4.69, 9.17) is 0 Å². The van der Waals surface area contributed by atoms with Crippen molar-refractivity contribution < 1.29 is 51.3 Å². The Balaban J connectivity index is 4.98. The van der Waals surface area contributed by atoms with Gasteiger partial charge in [0.2, 0.25) is 0 Å². The quantitative estimate of drug-likeness (QED) is 0.353. The van der Waals surface area contributed by atoms with E-state index in [0.29, 0.717) is 0 Å². The van der Waals surface area contributed by atoms with Crippen LogP contribution in [0.15, 0.2) is 0 Å². The molecule has 0 aliphatic carbocycles. The van der Waals surface area contributed by atoms with E-state index >= 15 is 0 Å². The second-order valence-electron chi connectivity index (χ2n) is 2.22. The van der Waals surface area contributed by atoms with Gasteiger partial charge in [0.15, 0.2) is 0 Å². The van der Waals surface area contributed by atoms with E-state index in [1.54, 1.807) is 0 Å². The van der Waals surface area contributed by atoms with Gasteiger partial charge in [0.1, 0.15) is 0 Å². The zero-order chi connectivity index (χ0) is 15.0. The molecule has 0 bridgehead atoms. The van der Waals surface area contributed by atoms with Gasteiger partial charge in [-0.15, -0.1) is 0 Å². The average molecular weight is 433 g/mol. The Morgan fingerprint density at radius 3 is 1.11 bits per heavy atom. The Labute approximate surface area is 103 Å². The van der Waals surface area contributed by atoms with Crippen molar-refractivity contribution in [3.63, 3.8) is 0 Å². The summed E-state index contributed by atoms with van der Waals surface area (Å²) < 4.78 is 126. The molecule has 0 aliphatic rings. The molecule has 0 atom stereocenters. The monoisotopic (exact) mass is 434 g/mol. The van der Waals surface area contributed by atoms with Crippen molar-refractivity contribution in [1.29, 1.82) is 0 Å². The fraction of sp³-hybridized carbons (Fsp3) is 1.00. The number of rotatable bonds is 4. The van der Waals surface area contributed by atoms with Crippen LogP contribution in [0.3, 0.4) is 0 Å². The van der Waals surface area contributed by atoms with Gasteiger partial charge in [0, 0.05) is 0 Å². The summed E-state index contributed by atoms with van der Waals surface area (Å²) in [4.78, 5) is 0. The molecule has 0 aromatic carbocycles.